The van der Waals surface area contributed by atoms with Crippen molar-refractivity contribution < 1.29 is 5.11 Å². The molecule has 0 radical (unpaired) electrons. The molecule has 3 aromatic rings. The van der Waals surface area contributed by atoms with Crippen LogP contribution in [-0.4, -0.2) is 20.3 Å². The van der Waals surface area contributed by atoms with Crippen LogP contribution in [0.1, 0.15) is 61.8 Å². The van der Waals surface area contributed by atoms with E-state index in [1.807, 2.05) is 55.5 Å². The van der Waals surface area contributed by atoms with E-state index in [9.17, 15) is 15.2 Å². The van der Waals surface area contributed by atoms with Gasteiger partial charge in [-0.2, -0.15) is 5.26 Å². The van der Waals surface area contributed by atoms with Crippen LogP contribution in [0.5, 0.6) is 0 Å². The second-order valence-corrected chi connectivity index (χ2v) is 8.92. The Kier molecular flexibility index (Phi) is 7.27. The molecule has 0 aliphatic rings. The van der Waals surface area contributed by atoms with Gasteiger partial charge in [-0.15, -0.1) is 0 Å². The van der Waals surface area contributed by atoms with E-state index in [4.69, 9.17) is 4.98 Å². The monoisotopic (exact) mass is 429 g/mol. The maximum Gasteiger partial charge on any atom is 0.257 e. The van der Waals surface area contributed by atoms with Crippen molar-refractivity contribution in [1.29, 1.82) is 5.26 Å². The number of nitrogens with zero attached hydrogens (tertiary/aromatic N) is 3. The lowest BCUT2D eigenvalue weighted by atomic mass is 9.96. The number of unbranched alkanes of at least 4 members (excludes halogenated alkanes) is 1. The van der Waals surface area contributed by atoms with Crippen LogP contribution in [0.2, 0.25) is 0 Å². The Morgan fingerprint density at radius 3 is 2.44 bits per heavy atom. The highest BCUT2D eigenvalue weighted by molar-refractivity contribution is 5.70. The molecule has 0 atom stereocenters. The summed E-state index contributed by atoms with van der Waals surface area (Å²) >= 11 is 0. The average molecular weight is 430 g/mol. The number of rotatable bonds is 8. The second-order valence-electron chi connectivity index (χ2n) is 8.92. The molecule has 0 spiro atoms. The van der Waals surface area contributed by atoms with Gasteiger partial charge in [-0.25, -0.2) is 4.98 Å². The van der Waals surface area contributed by atoms with Crippen molar-refractivity contribution >= 4 is 0 Å². The van der Waals surface area contributed by atoms with Crippen LogP contribution in [0.4, 0.5) is 0 Å². The molecule has 5 nitrogen and oxygen atoms in total. The zero-order valence-corrected chi connectivity index (χ0v) is 19.4. The normalized spacial score (nSPS) is 11.4. The summed E-state index contributed by atoms with van der Waals surface area (Å²) in [5.74, 6) is 0.635. The number of hydrogen-bond acceptors (Lipinski definition) is 4. The topological polar surface area (TPSA) is 78.9 Å². The number of nitriles is 1. The zero-order chi connectivity index (χ0) is 23.3. The Morgan fingerprint density at radius 1 is 1.12 bits per heavy atom. The molecule has 3 rings (SSSR count). The second kappa shape index (κ2) is 9.93. The summed E-state index contributed by atoms with van der Waals surface area (Å²) < 4.78 is 1.59. The first-order chi connectivity index (χ1) is 15.2. The van der Waals surface area contributed by atoms with E-state index in [1.54, 1.807) is 18.4 Å². The Morgan fingerprint density at radius 2 is 1.81 bits per heavy atom. The predicted molar refractivity (Wildman–Crippen MR) is 128 cm³/mol. The van der Waals surface area contributed by atoms with Crippen molar-refractivity contribution in [3.63, 3.8) is 0 Å². The molecule has 5 heteroatoms. The van der Waals surface area contributed by atoms with Crippen LogP contribution in [0, 0.1) is 18.3 Å². The van der Waals surface area contributed by atoms with Gasteiger partial charge in [0.1, 0.15) is 5.82 Å². The van der Waals surface area contributed by atoms with E-state index in [1.165, 1.54) is 0 Å². The molecule has 0 fully saturated rings. The van der Waals surface area contributed by atoms with Gasteiger partial charge in [-0.1, -0.05) is 55.8 Å². The molecule has 1 N–H and O–H groups in total. The SMILES string of the molecule is CCCCc1nc(C)n(CC(C)(C)O)c(=O)c1Cc1ccc(-c2ccccc2C#N)cc1. The number of aromatic nitrogens is 2. The molecule has 0 bridgehead atoms. The highest BCUT2D eigenvalue weighted by Crippen LogP contribution is 2.24. The van der Waals surface area contributed by atoms with Gasteiger partial charge >= 0.3 is 0 Å². The summed E-state index contributed by atoms with van der Waals surface area (Å²) in [7, 11) is 0. The van der Waals surface area contributed by atoms with Crippen LogP contribution in [0.15, 0.2) is 53.3 Å². The average Bonchev–Trinajstić information content (AvgIpc) is 2.77. The number of aryl methyl sites for hydroxylation is 2. The number of aliphatic hydroxyl groups is 1. The minimum Gasteiger partial charge on any atom is -0.389 e. The Hall–Kier alpha value is -3.23. The van der Waals surface area contributed by atoms with Gasteiger partial charge in [-0.05, 0) is 56.4 Å². The van der Waals surface area contributed by atoms with Crippen molar-refractivity contribution in [1.82, 2.24) is 9.55 Å². The van der Waals surface area contributed by atoms with Gasteiger partial charge in [0.15, 0.2) is 0 Å². The van der Waals surface area contributed by atoms with Gasteiger partial charge in [0.05, 0.1) is 29.5 Å². The van der Waals surface area contributed by atoms with Crippen molar-refractivity contribution in [2.45, 2.75) is 65.5 Å². The van der Waals surface area contributed by atoms with Crippen molar-refractivity contribution in [3.05, 3.63) is 87.1 Å². The molecule has 0 saturated heterocycles. The summed E-state index contributed by atoms with van der Waals surface area (Å²) in [6.45, 7) is 7.55. The highest BCUT2D eigenvalue weighted by atomic mass is 16.3. The quantitative estimate of drug-likeness (QED) is 0.558. The van der Waals surface area contributed by atoms with E-state index in [-0.39, 0.29) is 12.1 Å². The molecule has 166 valence electrons. The fourth-order valence-electron chi connectivity index (χ4n) is 3.90. The third-order valence-corrected chi connectivity index (χ3v) is 5.54. The highest BCUT2D eigenvalue weighted by Gasteiger charge is 2.20. The standard InChI is InChI=1S/C27H31N3O2/c1-5-6-11-25-24(26(31)30(19(2)29-25)18-27(3,4)32)16-20-12-14-21(15-13-20)23-10-8-7-9-22(23)17-28/h7-10,12-15,32H,5-6,11,16,18H2,1-4H3. The first-order valence-corrected chi connectivity index (χ1v) is 11.1. The van der Waals surface area contributed by atoms with Gasteiger partial charge < -0.3 is 5.11 Å². The van der Waals surface area contributed by atoms with Gasteiger partial charge in [0.2, 0.25) is 0 Å². The lowest BCUT2D eigenvalue weighted by Gasteiger charge is -2.22. The minimum absolute atomic E-state index is 0.0790. The molecular formula is C27H31N3O2. The molecule has 32 heavy (non-hydrogen) atoms. The van der Waals surface area contributed by atoms with Crippen LogP contribution in [0.25, 0.3) is 11.1 Å². The molecule has 0 unspecified atom stereocenters. The third-order valence-electron chi connectivity index (χ3n) is 5.54. The van der Waals surface area contributed by atoms with Crippen molar-refractivity contribution in [3.8, 4) is 17.2 Å². The maximum absolute atomic E-state index is 13.4. The van der Waals surface area contributed by atoms with Crippen LogP contribution in [-0.2, 0) is 19.4 Å². The lowest BCUT2D eigenvalue weighted by Crippen LogP contribution is -2.37. The maximum atomic E-state index is 13.4. The summed E-state index contributed by atoms with van der Waals surface area (Å²) in [5, 5.41) is 19.7. The fraction of sp³-hybridized carbons (Fsp3) is 0.370. The molecule has 2 aromatic carbocycles. The smallest absolute Gasteiger partial charge is 0.257 e. The van der Waals surface area contributed by atoms with Crippen LogP contribution in [0.3, 0.4) is 0 Å². The van der Waals surface area contributed by atoms with Crippen molar-refractivity contribution in [2.24, 2.45) is 0 Å². The van der Waals surface area contributed by atoms with E-state index < -0.39 is 5.60 Å². The molecule has 1 heterocycles. The Balaban J connectivity index is 1.99. The van der Waals surface area contributed by atoms with E-state index in [2.05, 4.69) is 13.0 Å². The van der Waals surface area contributed by atoms with E-state index in [0.717, 1.165) is 41.6 Å². The predicted octanol–water partition coefficient (Wildman–Crippen LogP) is 4.79. The van der Waals surface area contributed by atoms with E-state index >= 15 is 0 Å². The molecular weight excluding hydrogens is 398 g/mol. The fourth-order valence-corrected chi connectivity index (χ4v) is 3.90. The summed E-state index contributed by atoms with van der Waals surface area (Å²) in [5.41, 5.74) is 3.98. The van der Waals surface area contributed by atoms with Gasteiger partial charge in [-0.3, -0.25) is 9.36 Å². The molecule has 0 aliphatic carbocycles. The molecule has 0 amide bonds. The van der Waals surface area contributed by atoms with Crippen LogP contribution < -0.4 is 5.56 Å². The molecule has 1 aromatic heterocycles. The Labute approximate surface area is 190 Å². The minimum atomic E-state index is -1.01. The van der Waals surface area contributed by atoms with Crippen LogP contribution >= 0.6 is 0 Å². The largest absolute Gasteiger partial charge is 0.389 e. The van der Waals surface area contributed by atoms with E-state index in [0.29, 0.717) is 23.4 Å². The molecule has 0 aliphatic heterocycles. The zero-order valence-electron chi connectivity index (χ0n) is 19.4. The Bertz CT molecular complexity index is 1180. The summed E-state index contributed by atoms with van der Waals surface area (Å²) in [6, 6.07) is 17.8. The third kappa shape index (κ3) is 5.52. The van der Waals surface area contributed by atoms with Gasteiger partial charge in [0.25, 0.3) is 5.56 Å². The first-order valence-electron chi connectivity index (χ1n) is 11.1. The molecule has 0 saturated carbocycles. The number of hydrogen-bond donors (Lipinski definition) is 1. The number of benzene rings is 2. The summed E-state index contributed by atoms with van der Waals surface area (Å²) in [6.07, 6.45) is 3.24. The van der Waals surface area contributed by atoms with Crippen molar-refractivity contribution in [2.75, 3.05) is 0 Å². The summed E-state index contributed by atoms with van der Waals surface area (Å²) in [4.78, 5) is 18.2. The first kappa shape index (κ1) is 23.4. The van der Waals surface area contributed by atoms with Gasteiger partial charge in [0, 0.05) is 12.0 Å². The lowest BCUT2D eigenvalue weighted by molar-refractivity contribution is 0.0592.